The number of alkyl halides is 2. The summed E-state index contributed by atoms with van der Waals surface area (Å²) in [5, 5.41) is 2.68. The van der Waals surface area contributed by atoms with Gasteiger partial charge in [0.15, 0.2) is 0 Å². The fourth-order valence-electron chi connectivity index (χ4n) is 1.56. The first-order chi connectivity index (χ1) is 9.12. The van der Waals surface area contributed by atoms with Crippen LogP contribution < -0.4 is 11.1 Å². The van der Waals surface area contributed by atoms with Gasteiger partial charge in [-0.15, -0.1) is 0 Å². The summed E-state index contributed by atoms with van der Waals surface area (Å²) in [5.74, 6) is -1.08. The van der Waals surface area contributed by atoms with Crippen LogP contribution in [0.1, 0.15) is 48.7 Å². The summed E-state index contributed by atoms with van der Waals surface area (Å²) in [4.78, 5) is 22.9. The van der Waals surface area contributed by atoms with Gasteiger partial charge < -0.3 is 11.1 Å². The molecule has 1 aromatic rings. The van der Waals surface area contributed by atoms with Crippen molar-refractivity contribution in [3.63, 3.8) is 0 Å². The second-order valence-electron chi connectivity index (χ2n) is 5.52. The topological polar surface area (TPSA) is 72.2 Å². The predicted octanol–water partition coefficient (Wildman–Crippen LogP) is 2.39. The van der Waals surface area contributed by atoms with Gasteiger partial charge in [-0.3, -0.25) is 9.59 Å². The molecule has 0 bridgehead atoms. The molecule has 0 aromatic heterocycles. The lowest BCUT2D eigenvalue weighted by Gasteiger charge is -2.18. The summed E-state index contributed by atoms with van der Waals surface area (Å²) in [6, 6.07) is 3.88. The van der Waals surface area contributed by atoms with Crippen molar-refractivity contribution in [3.8, 4) is 0 Å². The number of primary amides is 1. The molecule has 110 valence electrons. The van der Waals surface area contributed by atoms with E-state index in [4.69, 9.17) is 5.73 Å². The lowest BCUT2D eigenvalue weighted by Crippen LogP contribution is -2.34. The third kappa shape index (κ3) is 4.01. The summed E-state index contributed by atoms with van der Waals surface area (Å²) in [6.45, 7) is 5.44. The molecule has 0 atom stereocenters. The van der Waals surface area contributed by atoms with Crippen LogP contribution in [0, 0.1) is 5.41 Å². The quantitative estimate of drug-likeness (QED) is 0.891. The molecule has 0 aliphatic rings. The van der Waals surface area contributed by atoms with Crippen molar-refractivity contribution in [3.05, 3.63) is 34.9 Å². The van der Waals surface area contributed by atoms with E-state index in [-0.39, 0.29) is 18.0 Å². The van der Waals surface area contributed by atoms with E-state index in [2.05, 4.69) is 5.32 Å². The number of carbonyl (C=O) groups excluding carboxylic acids is 2. The van der Waals surface area contributed by atoms with Gasteiger partial charge in [-0.05, 0) is 11.6 Å². The van der Waals surface area contributed by atoms with Crippen molar-refractivity contribution in [2.24, 2.45) is 11.1 Å². The first-order valence-corrected chi connectivity index (χ1v) is 6.12. The van der Waals surface area contributed by atoms with Gasteiger partial charge >= 0.3 is 0 Å². The van der Waals surface area contributed by atoms with Gasteiger partial charge in [0.25, 0.3) is 6.43 Å². The van der Waals surface area contributed by atoms with Crippen LogP contribution in [0.3, 0.4) is 0 Å². The Labute approximate surface area is 116 Å². The number of rotatable bonds is 4. The zero-order valence-corrected chi connectivity index (χ0v) is 11.7. The Hall–Kier alpha value is -1.98. The molecular formula is C14H18F2N2O2. The molecule has 3 N–H and O–H groups in total. The molecule has 0 fully saturated rings. The highest BCUT2D eigenvalue weighted by Crippen LogP contribution is 2.24. The molecule has 1 aromatic carbocycles. The summed E-state index contributed by atoms with van der Waals surface area (Å²) in [5.41, 5.74) is 4.46. The Morgan fingerprint density at radius 2 is 1.90 bits per heavy atom. The molecule has 0 heterocycles. The zero-order chi connectivity index (χ0) is 15.5. The zero-order valence-electron chi connectivity index (χ0n) is 11.7. The Kier molecular flexibility index (Phi) is 4.81. The second-order valence-corrected chi connectivity index (χ2v) is 5.52. The van der Waals surface area contributed by atoms with E-state index in [1.54, 1.807) is 20.8 Å². The number of nitrogens with one attached hydrogen (secondary N) is 1. The van der Waals surface area contributed by atoms with E-state index in [1.165, 1.54) is 12.1 Å². The first-order valence-electron chi connectivity index (χ1n) is 6.12. The van der Waals surface area contributed by atoms with Gasteiger partial charge in [0.2, 0.25) is 11.8 Å². The first kappa shape index (κ1) is 16.1. The van der Waals surface area contributed by atoms with Gasteiger partial charge in [-0.1, -0.05) is 32.9 Å². The number of carbonyl (C=O) groups is 2. The SMILES string of the molecule is CC(C)(C)C(=O)NCc1ccc(C(F)F)c(C(N)=O)c1. The highest BCUT2D eigenvalue weighted by molar-refractivity contribution is 5.94. The van der Waals surface area contributed by atoms with Crippen LogP contribution in [0.2, 0.25) is 0 Å². The fraction of sp³-hybridized carbons (Fsp3) is 0.429. The minimum atomic E-state index is -2.77. The number of benzene rings is 1. The van der Waals surface area contributed by atoms with E-state index >= 15 is 0 Å². The number of nitrogens with two attached hydrogens (primary N) is 1. The molecule has 0 spiro atoms. The summed E-state index contributed by atoms with van der Waals surface area (Å²) < 4.78 is 25.4. The van der Waals surface area contributed by atoms with Crippen LogP contribution in [-0.4, -0.2) is 11.8 Å². The van der Waals surface area contributed by atoms with Crippen LogP contribution in [0.4, 0.5) is 8.78 Å². The standard InChI is InChI=1S/C14H18F2N2O2/c1-14(2,3)13(20)18-7-8-4-5-9(11(15)16)10(6-8)12(17)19/h4-6,11H,7H2,1-3H3,(H2,17,19)(H,18,20). The largest absolute Gasteiger partial charge is 0.366 e. The van der Waals surface area contributed by atoms with Crippen molar-refractivity contribution in [1.82, 2.24) is 5.32 Å². The minimum Gasteiger partial charge on any atom is -0.366 e. The van der Waals surface area contributed by atoms with Crippen molar-refractivity contribution in [1.29, 1.82) is 0 Å². The maximum absolute atomic E-state index is 12.7. The number of amides is 2. The minimum absolute atomic E-state index is 0.153. The normalized spacial score (nSPS) is 11.5. The average Bonchev–Trinajstić information content (AvgIpc) is 2.34. The molecule has 0 unspecified atom stereocenters. The highest BCUT2D eigenvalue weighted by Gasteiger charge is 2.21. The fourth-order valence-corrected chi connectivity index (χ4v) is 1.56. The molecule has 20 heavy (non-hydrogen) atoms. The van der Waals surface area contributed by atoms with Crippen LogP contribution >= 0.6 is 0 Å². The molecule has 0 saturated heterocycles. The second kappa shape index (κ2) is 5.98. The maximum atomic E-state index is 12.7. The summed E-state index contributed by atoms with van der Waals surface area (Å²) in [7, 11) is 0. The average molecular weight is 284 g/mol. The van der Waals surface area contributed by atoms with E-state index in [0.717, 1.165) is 6.07 Å². The molecule has 2 amide bonds. The number of halogens is 2. The predicted molar refractivity (Wildman–Crippen MR) is 71.2 cm³/mol. The number of hydrogen-bond acceptors (Lipinski definition) is 2. The van der Waals surface area contributed by atoms with Gasteiger partial charge in [0.05, 0.1) is 0 Å². The van der Waals surface area contributed by atoms with Crippen molar-refractivity contribution in [2.75, 3.05) is 0 Å². The monoisotopic (exact) mass is 284 g/mol. The Balaban J connectivity index is 2.91. The van der Waals surface area contributed by atoms with Gasteiger partial charge in [0, 0.05) is 23.1 Å². The van der Waals surface area contributed by atoms with Crippen LogP contribution in [0.5, 0.6) is 0 Å². The lowest BCUT2D eigenvalue weighted by molar-refractivity contribution is -0.128. The number of hydrogen-bond donors (Lipinski definition) is 2. The Bertz CT molecular complexity index is 522. The molecule has 0 radical (unpaired) electrons. The van der Waals surface area contributed by atoms with Crippen LogP contribution in [-0.2, 0) is 11.3 Å². The van der Waals surface area contributed by atoms with Crippen LogP contribution in [0.25, 0.3) is 0 Å². The van der Waals surface area contributed by atoms with E-state index < -0.39 is 23.3 Å². The molecule has 0 aliphatic carbocycles. The third-order valence-corrected chi connectivity index (χ3v) is 2.75. The molecule has 0 aliphatic heterocycles. The summed E-state index contributed by atoms with van der Waals surface area (Å²) in [6.07, 6.45) is -2.77. The Morgan fingerprint density at radius 1 is 1.30 bits per heavy atom. The molecule has 0 saturated carbocycles. The van der Waals surface area contributed by atoms with Crippen molar-refractivity contribution < 1.29 is 18.4 Å². The lowest BCUT2D eigenvalue weighted by atomic mass is 9.95. The van der Waals surface area contributed by atoms with E-state index in [0.29, 0.717) is 5.56 Å². The van der Waals surface area contributed by atoms with Gasteiger partial charge in [-0.2, -0.15) is 0 Å². The van der Waals surface area contributed by atoms with E-state index in [9.17, 15) is 18.4 Å². The van der Waals surface area contributed by atoms with Crippen molar-refractivity contribution in [2.45, 2.75) is 33.7 Å². The van der Waals surface area contributed by atoms with Gasteiger partial charge in [-0.25, -0.2) is 8.78 Å². The summed E-state index contributed by atoms with van der Waals surface area (Å²) >= 11 is 0. The molecule has 4 nitrogen and oxygen atoms in total. The molecule has 6 heteroatoms. The van der Waals surface area contributed by atoms with Crippen molar-refractivity contribution >= 4 is 11.8 Å². The maximum Gasteiger partial charge on any atom is 0.264 e. The van der Waals surface area contributed by atoms with Gasteiger partial charge in [0.1, 0.15) is 0 Å². The smallest absolute Gasteiger partial charge is 0.264 e. The Morgan fingerprint density at radius 3 is 2.35 bits per heavy atom. The van der Waals surface area contributed by atoms with Crippen LogP contribution in [0.15, 0.2) is 18.2 Å². The highest BCUT2D eigenvalue weighted by atomic mass is 19.3. The molecule has 1 rings (SSSR count). The third-order valence-electron chi connectivity index (χ3n) is 2.75. The molecular weight excluding hydrogens is 266 g/mol. The van der Waals surface area contributed by atoms with E-state index in [1.807, 2.05) is 0 Å².